The largest absolute Gasteiger partial charge is 0.401 e. The van der Waals surface area contributed by atoms with E-state index >= 15 is 0 Å². The molecule has 0 aliphatic heterocycles. The van der Waals surface area contributed by atoms with Gasteiger partial charge in [-0.1, -0.05) is 6.92 Å². The van der Waals surface area contributed by atoms with Crippen molar-refractivity contribution in [3.63, 3.8) is 0 Å². The summed E-state index contributed by atoms with van der Waals surface area (Å²) in [6, 6.07) is -0.854. The van der Waals surface area contributed by atoms with Crippen molar-refractivity contribution in [1.29, 1.82) is 0 Å². The van der Waals surface area contributed by atoms with Crippen molar-refractivity contribution < 1.29 is 18.0 Å². The van der Waals surface area contributed by atoms with Gasteiger partial charge >= 0.3 is 6.18 Å². The molecule has 0 aliphatic rings. The molecule has 0 aliphatic carbocycles. The number of amides is 1. The van der Waals surface area contributed by atoms with Crippen LogP contribution in [0.4, 0.5) is 13.2 Å². The van der Waals surface area contributed by atoms with Crippen LogP contribution in [0.3, 0.4) is 0 Å². The van der Waals surface area contributed by atoms with Gasteiger partial charge in [0.05, 0.1) is 12.6 Å². The molecule has 0 saturated heterocycles. The Morgan fingerprint density at radius 3 is 2.19 bits per heavy atom. The van der Waals surface area contributed by atoms with E-state index in [4.69, 9.17) is 0 Å². The van der Waals surface area contributed by atoms with Gasteiger partial charge in [-0.2, -0.15) is 13.2 Å². The Kier molecular flexibility index (Phi) is 5.25. The van der Waals surface area contributed by atoms with Gasteiger partial charge in [-0.25, -0.2) is 0 Å². The third-order valence-corrected chi connectivity index (χ3v) is 2.35. The first-order chi connectivity index (χ1) is 7.07. The average Bonchev–Trinajstić information content (AvgIpc) is 2.12. The van der Waals surface area contributed by atoms with Gasteiger partial charge < -0.3 is 5.32 Å². The summed E-state index contributed by atoms with van der Waals surface area (Å²) in [5, 5.41) is 4.81. The molecule has 1 unspecified atom stereocenters. The molecule has 2 N–H and O–H groups in total. The predicted octanol–water partition coefficient (Wildman–Crippen LogP) is 1.83. The zero-order valence-corrected chi connectivity index (χ0v) is 10.0. The van der Waals surface area contributed by atoms with Crippen molar-refractivity contribution in [3.05, 3.63) is 0 Å². The fraction of sp³-hybridized carbons (Fsp3) is 0.900. The monoisotopic (exact) mass is 240 g/mol. The summed E-state index contributed by atoms with van der Waals surface area (Å²) in [6.45, 7) is 5.79. The van der Waals surface area contributed by atoms with Crippen LogP contribution < -0.4 is 10.6 Å². The second kappa shape index (κ2) is 5.52. The first kappa shape index (κ1) is 15.2. The first-order valence-corrected chi connectivity index (χ1v) is 5.19. The topological polar surface area (TPSA) is 41.1 Å². The van der Waals surface area contributed by atoms with Gasteiger partial charge in [0.1, 0.15) is 0 Å². The molecule has 0 aromatic heterocycles. The van der Waals surface area contributed by atoms with Crippen molar-refractivity contribution in [2.45, 2.75) is 51.9 Å². The lowest BCUT2D eigenvalue weighted by Crippen LogP contribution is -2.52. The summed E-state index contributed by atoms with van der Waals surface area (Å²) in [5.41, 5.74) is -0.398. The van der Waals surface area contributed by atoms with Crippen LogP contribution >= 0.6 is 0 Å². The zero-order chi connectivity index (χ0) is 13.0. The number of hydrogen-bond acceptors (Lipinski definition) is 2. The highest BCUT2D eigenvalue weighted by Crippen LogP contribution is 2.13. The number of alkyl halides is 3. The second-order valence-corrected chi connectivity index (χ2v) is 4.44. The number of carbonyl (C=O) groups excluding carboxylic acids is 1. The lowest BCUT2D eigenvalue weighted by Gasteiger charge is -2.26. The van der Waals surface area contributed by atoms with Crippen LogP contribution in [-0.4, -0.2) is 30.2 Å². The van der Waals surface area contributed by atoms with Gasteiger partial charge in [0.15, 0.2) is 0 Å². The lowest BCUT2D eigenvalue weighted by atomic mass is 10.0. The Bertz CT molecular complexity index is 239. The van der Waals surface area contributed by atoms with E-state index in [1.54, 1.807) is 0 Å². The van der Waals surface area contributed by atoms with E-state index in [-0.39, 0.29) is 0 Å². The third-order valence-electron chi connectivity index (χ3n) is 2.35. The molecule has 16 heavy (non-hydrogen) atoms. The number of nitrogens with one attached hydrogen (secondary N) is 2. The van der Waals surface area contributed by atoms with Crippen LogP contribution in [0.2, 0.25) is 0 Å². The van der Waals surface area contributed by atoms with E-state index in [1.807, 2.05) is 20.8 Å². The Labute approximate surface area is 93.8 Å². The van der Waals surface area contributed by atoms with Crippen LogP contribution in [0.25, 0.3) is 0 Å². The van der Waals surface area contributed by atoms with E-state index < -0.39 is 30.2 Å². The van der Waals surface area contributed by atoms with Crippen molar-refractivity contribution in [3.8, 4) is 0 Å². The quantitative estimate of drug-likeness (QED) is 0.769. The minimum absolute atomic E-state index is 0.398. The zero-order valence-electron chi connectivity index (χ0n) is 10.0. The van der Waals surface area contributed by atoms with Crippen molar-refractivity contribution in [2.75, 3.05) is 6.54 Å². The average molecular weight is 240 g/mol. The van der Waals surface area contributed by atoms with Gasteiger partial charge in [0.25, 0.3) is 0 Å². The summed E-state index contributed by atoms with van der Waals surface area (Å²) in [7, 11) is 0. The molecule has 0 rings (SSSR count). The predicted molar refractivity (Wildman–Crippen MR) is 56.0 cm³/mol. The smallest absolute Gasteiger partial charge is 0.350 e. The van der Waals surface area contributed by atoms with E-state index in [2.05, 4.69) is 10.6 Å². The van der Waals surface area contributed by atoms with Crippen molar-refractivity contribution in [2.24, 2.45) is 0 Å². The molecule has 0 spiro atoms. The van der Waals surface area contributed by atoms with Crippen LogP contribution in [0, 0.1) is 0 Å². The number of hydrogen-bond donors (Lipinski definition) is 2. The number of halogens is 3. The summed E-state index contributed by atoms with van der Waals surface area (Å²) in [4.78, 5) is 11.5. The highest BCUT2D eigenvalue weighted by atomic mass is 19.4. The molecule has 0 aromatic rings. The van der Waals surface area contributed by atoms with Gasteiger partial charge in [0.2, 0.25) is 5.91 Å². The number of rotatable bonds is 5. The Morgan fingerprint density at radius 2 is 1.81 bits per heavy atom. The molecule has 96 valence electrons. The second-order valence-electron chi connectivity index (χ2n) is 4.44. The standard InChI is InChI=1S/C10H19F3N2O/c1-5-9(3,4)15-8(16)7(2)14-6-10(11,12)13/h7,14H,5-6H2,1-4H3,(H,15,16). The molecular formula is C10H19F3N2O. The van der Waals surface area contributed by atoms with E-state index in [1.165, 1.54) is 6.92 Å². The van der Waals surface area contributed by atoms with Crippen LogP contribution in [-0.2, 0) is 4.79 Å². The van der Waals surface area contributed by atoms with Gasteiger partial charge in [-0.15, -0.1) is 0 Å². The summed E-state index contributed by atoms with van der Waals surface area (Å²) in [5.74, 6) is -0.420. The van der Waals surface area contributed by atoms with Gasteiger partial charge in [-0.05, 0) is 27.2 Å². The minimum atomic E-state index is -4.30. The summed E-state index contributed by atoms with van der Waals surface area (Å²) < 4.78 is 35.7. The molecule has 1 amide bonds. The van der Waals surface area contributed by atoms with E-state index in [0.717, 1.165) is 0 Å². The molecule has 6 heteroatoms. The van der Waals surface area contributed by atoms with Crippen molar-refractivity contribution >= 4 is 5.91 Å². The molecule has 0 saturated carbocycles. The summed E-state index contributed by atoms with van der Waals surface area (Å²) >= 11 is 0. The van der Waals surface area contributed by atoms with Gasteiger partial charge in [0, 0.05) is 5.54 Å². The fourth-order valence-electron chi connectivity index (χ4n) is 0.892. The molecule has 0 fully saturated rings. The molecule has 0 heterocycles. The lowest BCUT2D eigenvalue weighted by molar-refractivity contribution is -0.132. The molecule has 3 nitrogen and oxygen atoms in total. The molecule has 0 radical (unpaired) electrons. The first-order valence-electron chi connectivity index (χ1n) is 5.19. The van der Waals surface area contributed by atoms with E-state index in [0.29, 0.717) is 6.42 Å². The van der Waals surface area contributed by atoms with Crippen molar-refractivity contribution in [1.82, 2.24) is 10.6 Å². The normalized spacial score (nSPS) is 14.7. The van der Waals surface area contributed by atoms with Crippen LogP contribution in [0.5, 0.6) is 0 Å². The SMILES string of the molecule is CCC(C)(C)NC(=O)C(C)NCC(F)(F)F. The summed E-state index contributed by atoms with van der Waals surface area (Å²) in [6.07, 6.45) is -3.58. The molecular weight excluding hydrogens is 221 g/mol. The third kappa shape index (κ3) is 6.66. The molecule has 0 bridgehead atoms. The molecule has 1 atom stereocenters. The van der Waals surface area contributed by atoms with E-state index in [9.17, 15) is 18.0 Å². The maximum Gasteiger partial charge on any atom is 0.401 e. The Morgan fingerprint density at radius 1 is 1.31 bits per heavy atom. The van der Waals surface area contributed by atoms with Crippen LogP contribution in [0.1, 0.15) is 34.1 Å². The van der Waals surface area contributed by atoms with Crippen LogP contribution in [0.15, 0.2) is 0 Å². The Balaban J connectivity index is 4.10. The maximum absolute atomic E-state index is 11.9. The maximum atomic E-state index is 11.9. The highest BCUT2D eigenvalue weighted by Gasteiger charge is 2.29. The Hall–Kier alpha value is -0.780. The number of carbonyl (C=O) groups is 1. The highest BCUT2D eigenvalue weighted by molar-refractivity contribution is 5.81. The fourth-order valence-corrected chi connectivity index (χ4v) is 0.892. The molecule has 0 aromatic carbocycles. The minimum Gasteiger partial charge on any atom is -0.350 e. The van der Waals surface area contributed by atoms with Gasteiger partial charge in [-0.3, -0.25) is 10.1 Å².